The average Bonchev–Trinajstić information content (AvgIpc) is 2.64. The molecule has 0 amide bonds. The van der Waals surface area contributed by atoms with Gasteiger partial charge in [-0.1, -0.05) is 24.3 Å². The third kappa shape index (κ3) is 6.30. The minimum absolute atomic E-state index is 0.170. The summed E-state index contributed by atoms with van der Waals surface area (Å²) in [5.74, 6) is 0.0313. The molecular weight excluding hydrogens is 320 g/mol. The number of esters is 2. The molecule has 0 saturated carbocycles. The molecule has 0 aliphatic heterocycles. The zero-order valence-electron chi connectivity index (χ0n) is 15.3. The highest BCUT2D eigenvalue weighted by Crippen LogP contribution is 2.29. The van der Waals surface area contributed by atoms with Gasteiger partial charge in [0.15, 0.2) is 11.5 Å². The number of rotatable bonds is 7. The molecular formula is C20H24O5. The Kier molecular flexibility index (Phi) is 8.19. The van der Waals surface area contributed by atoms with E-state index in [4.69, 9.17) is 14.2 Å². The maximum absolute atomic E-state index is 11.8. The smallest absolute Gasteiger partial charge is 0.338 e. The standard InChI is InChI=1S/C20H24O5/c1-6-14(3)19(21)24-12-8-9-16-10-11-17(18(13-16)23-5)25-20(22)15(4)7-2/h6-11,13H,12H2,1-5H3. The summed E-state index contributed by atoms with van der Waals surface area (Å²) in [6.45, 7) is 7.11. The molecule has 1 aromatic carbocycles. The SMILES string of the molecule is CC=C(C)C(=O)OCC=Cc1ccc(OC(=O)C(C)=CC)c(OC)c1. The van der Waals surface area contributed by atoms with Crippen molar-refractivity contribution in [3.05, 3.63) is 53.1 Å². The van der Waals surface area contributed by atoms with Crippen LogP contribution >= 0.6 is 0 Å². The van der Waals surface area contributed by atoms with Gasteiger partial charge in [-0.05, 0) is 51.5 Å². The molecule has 5 heteroatoms. The van der Waals surface area contributed by atoms with Gasteiger partial charge >= 0.3 is 11.9 Å². The van der Waals surface area contributed by atoms with E-state index in [2.05, 4.69) is 0 Å². The zero-order valence-corrected chi connectivity index (χ0v) is 15.3. The second kappa shape index (κ2) is 10.1. The van der Waals surface area contributed by atoms with Crippen LogP contribution in [0.1, 0.15) is 33.3 Å². The number of allylic oxidation sites excluding steroid dienone is 2. The van der Waals surface area contributed by atoms with Crippen molar-refractivity contribution in [2.45, 2.75) is 27.7 Å². The van der Waals surface area contributed by atoms with Gasteiger partial charge in [-0.15, -0.1) is 0 Å². The fraction of sp³-hybridized carbons (Fsp3) is 0.300. The first-order valence-corrected chi connectivity index (χ1v) is 7.92. The zero-order chi connectivity index (χ0) is 18.8. The van der Waals surface area contributed by atoms with E-state index in [1.165, 1.54) is 7.11 Å². The molecule has 1 aromatic rings. The Bertz CT molecular complexity index is 711. The van der Waals surface area contributed by atoms with Crippen molar-refractivity contribution in [3.8, 4) is 11.5 Å². The van der Waals surface area contributed by atoms with Gasteiger partial charge in [-0.25, -0.2) is 9.59 Å². The van der Waals surface area contributed by atoms with Gasteiger partial charge in [-0.3, -0.25) is 0 Å². The summed E-state index contributed by atoms with van der Waals surface area (Å²) in [5, 5.41) is 0. The fourth-order valence-corrected chi connectivity index (χ4v) is 1.71. The topological polar surface area (TPSA) is 61.8 Å². The lowest BCUT2D eigenvalue weighted by atomic mass is 10.2. The third-order valence-electron chi connectivity index (χ3n) is 3.52. The van der Waals surface area contributed by atoms with Crippen molar-refractivity contribution in [1.29, 1.82) is 0 Å². The third-order valence-corrected chi connectivity index (χ3v) is 3.52. The predicted octanol–water partition coefficient (Wildman–Crippen LogP) is 4.09. The fourth-order valence-electron chi connectivity index (χ4n) is 1.71. The Morgan fingerprint density at radius 3 is 2.24 bits per heavy atom. The lowest BCUT2D eigenvalue weighted by Crippen LogP contribution is -2.09. The molecule has 0 aliphatic rings. The minimum Gasteiger partial charge on any atom is -0.493 e. The van der Waals surface area contributed by atoms with Crippen LogP contribution in [0.15, 0.2) is 47.6 Å². The second-order valence-corrected chi connectivity index (χ2v) is 5.24. The summed E-state index contributed by atoms with van der Waals surface area (Å²) in [5.41, 5.74) is 1.92. The summed E-state index contributed by atoms with van der Waals surface area (Å²) < 4.78 is 15.7. The van der Waals surface area contributed by atoms with E-state index in [1.54, 1.807) is 70.2 Å². The number of benzene rings is 1. The van der Waals surface area contributed by atoms with Gasteiger partial charge in [0.1, 0.15) is 6.61 Å². The van der Waals surface area contributed by atoms with Gasteiger partial charge in [0, 0.05) is 11.1 Å². The van der Waals surface area contributed by atoms with Gasteiger partial charge in [0.25, 0.3) is 0 Å². The van der Waals surface area contributed by atoms with Crippen LogP contribution < -0.4 is 9.47 Å². The number of methoxy groups -OCH3 is 1. The van der Waals surface area contributed by atoms with Crippen LogP contribution in [0.25, 0.3) is 6.08 Å². The molecule has 0 unspecified atom stereocenters. The average molecular weight is 344 g/mol. The molecule has 25 heavy (non-hydrogen) atoms. The molecule has 0 heterocycles. The lowest BCUT2D eigenvalue weighted by molar-refractivity contribution is -0.137. The van der Waals surface area contributed by atoms with Crippen LogP contribution in [0, 0.1) is 0 Å². The highest BCUT2D eigenvalue weighted by Gasteiger charge is 2.11. The highest BCUT2D eigenvalue weighted by atomic mass is 16.6. The van der Waals surface area contributed by atoms with E-state index in [1.807, 2.05) is 0 Å². The summed E-state index contributed by atoms with van der Waals surface area (Å²) in [6.07, 6.45) is 6.91. The van der Waals surface area contributed by atoms with Crippen LogP contribution in [0.3, 0.4) is 0 Å². The molecule has 0 fully saturated rings. The molecule has 1 rings (SSSR count). The molecule has 0 atom stereocenters. The highest BCUT2D eigenvalue weighted by molar-refractivity contribution is 5.89. The predicted molar refractivity (Wildman–Crippen MR) is 97.5 cm³/mol. The van der Waals surface area contributed by atoms with Crippen molar-refractivity contribution in [2.75, 3.05) is 13.7 Å². The number of ether oxygens (including phenoxy) is 3. The largest absolute Gasteiger partial charge is 0.493 e. The molecule has 0 spiro atoms. The van der Waals surface area contributed by atoms with E-state index in [0.29, 0.717) is 22.6 Å². The first-order valence-electron chi connectivity index (χ1n) is 7.92. The minimum atomic E-state index is -0.421. The summed E-state index contributed by atoms with van der Waals surface area (Å²) >= 11 is 0. The summed E-state index contributed by atoms with van der Waals surface area (Å²) in [7, 11) is 1.50. The van der Waals surface area contributed by atoms with Crippen LogP contribution in [-0.4, -0.2) is 25.7 Å². The second-order valence-electron chi connectivity index (χ2n) is 5.24. The maximum atomic E-state index is 11.8. The maximum Gasteiger partial charge on any atom is 0.338 e. The molecule has 134 valence electrons. The van der Waals surface area contributed by atoms with Crippen molar-refractivity contribution in [2.24, 2.45) is 0 Å². The van der Waals surface area contributed by atoms with Crippen molar-refractivity contribution in [1.82, 2.24) is 0 Å². The molecule has 0 saturated heterocycles. The van der Waals surface area contributed by atoms with Crippen LogP contribution in [0.5, 0.6) is 11.5 Å². The first-order chi connectivity index (χ1) is 11.9. The molecule has 0 aromatic heterocycles. The van der Waals surface area contributed by atoms with Crippen LogP contribution in [0.4, 0.5) is 0 Å². The monoisotopic (exact) mass is 344 g/mol. The Hall–Kier alpha value is -2.82. The van der Waals surface area contributed by atoms with Gasteiger partial charge < -0.3 is 14.2 Å². The van der Waals surface area contributed by atoms with Crippen molar-refractivity contribution in [3.63, 3.8) is 0 Å². The van der Waals surface area contributed by atoms with Crippen LogP contribution in [0.2, 0.25) is 0 Å². The molecule has 0 radical (unpaired) electrons. The van der Waals surface area contributed by atoms with E-state index < -0.39 is 5.97 Å². The number of carbonyl (C=O) groups excluding carboxylic acids is 2. The normalized spacial score (nSPS) is 12.2. The van der Waals surface area contributed by atoms with Crippen molar-refractivity contribution < 1.29 is 23.8 Å². The number of hydrogen-bond acceptors (Lipinski definition) is 5. The first kappa shape index (κ1) is 20.2. The Morgan fingerprint density at radius 1 is 1.00 bits per heavy atom. The van der Waals surface area contributed by atoms with E-state index in [9.17, 15) is 9.59 Å². The summed E-state index contributed by atoms with van der Waals surface area (Å²) in [6, 6.07) is 5.18. The Morgan fingerprint density at radius 2 is 1.64 bits per heavy atom. The molecule has 0 aliphatic carbocycles. The number of carbonyl (C=O) groups is 2. The molecule has 0 N–H and O–H groups in total. The number of hydrogen-bond donors (Lipinski definition) is 0. The van der Waals surface area contributed by atoms with E-state index in [0.717, 1.165) is 5.56 Å². The van der Waals surface area contributed by atoms with Gasteiger partial charge in [0.2, 0.25) is 0 Å². The summed E-state index contributed by atoms with van der Waals surface area (Å²) in [4.78, 5) is 23.4. The van der Waals surface area contributed by atoms with E-state index in [-0.39, 0.29) is 12.6 Å². The quantitative estimate of drug-likeness (QED) is 0.423. The molecule has 5 nitrogen and oxygen atoms in total. The Labute approximate surface area is 148 Å². The van der Waals surface area contributed by atoms with E-state index >= 15 is 0 Å². The van der Waals surface area contributed by atoms with Gasteiger partial charge in [-0.2, -0.15) is 0 Å². The van der Waals surface area contributed by atoms with Crippen molar-refractivity contribution >= 4 is 18.0 Å². The Balaban J connectivity index is 2.76. The van der Waals surface area contributed by atoms with Gasteiger partial charge in [0.05, 0.1) is 7.11 Å². The lowest BCUT2D eigenvalue weighted by Gasteiger charge is -2.10. The van der Waals surface area contributed by atoms with Crippen LogP contribution in [-0.2, 0) is 14.3 Å². The molecule has 0 bridgehead atoms.